The Balaban J connectivity index is 1.72. The number of carbonyl (C=O) groups is 1. The van der Waals surface area contributed by atoms with Crippen molar-refractivity contribution >= 4 is 16.9 Å². The van der Waals surface area contributed by atoms with E-state index in [0.29, 0.717) is 50.4 Å². The summed E-state index contributed by atoms with van der Waals surface area (Å²) in [6, 6.07) is 3.93. The number of nitrogens with zero attached hydrogens (tertiary/aromatic N) is 5. The molecule has 1 atom stereocenters. The molecule has 9 heteroatoms. The Bertz CT molecular complexity index is 1180. The van der Waals surface area contributed by atoms with Crippen molar-refractivity contribution in [2.24, 2.45) is 5.92 Å². The highest BCUT2D eigenvalue weighted by atomic mass is 16.2. The highest BCUT2D eigenvalue weighted by Crippen LogP contribution is 2.40. The van der Waals surface area contributed by atoms with Crippen molar-refractivity contribution in [3.8, 4) is 6.07 Å². The molecule has 1 aliphatic carbocycles. The molecule has 0 radical (unpaired) electrons. The fourth-order valence-electron chi connectivity index (χ4n) is 4.51. The Hall–Kier alpha value is -2.99. The van der Waals surface area contributed by atoms with Crippen LogP contribution in [0.1, 0.15) is 62.0 Å². The van der Waals surface area contributed by atoms with Gasteiger partial charge in [0.2, 0.25) is 0 Å². The number of nitrogens with one attached hydrogen (secondary N) is 1. The van der Waals surface area contributed by atoms with Gasteiger partial charge in [-0.1, -0.05) is 20.8 Å². The van der Waals surface area contributed by atoms with Crippen LogP contribution in [-0.2, 0) is 6.54 Å². The maximum absolute atomic E-state index is 13.6. The zero-order valence-electron chi connectivity index (χ0n) is 18.9. The lowest BCUT2D eigenvalue weighted by atomic mass is 10.0. The molecule has 9 nitrogen and oxygen atoms in total. The zero-order chi connectivity index (χ0) is 23.0. The van der Waals surface area contributed by atoms with Gasteiger partial charge >= 0.3 is 5.69 Å². The molecule has 32 heavy (non-hydrogen) atoms. The molecule has 3 heterocycles. The topological polar surface area (TPSA) is 115 Å². The Kier molecular flexibility index (Phi) is 6.15. The van der Waals surface area contributed by atoms with Gasteiger partial charge in [-0.3, -0.25) is 24.0 Å². The van der Waals surface area contributed by atoms with Gasteiger partial charge in [-0.2, -0.15) is 5.26 Å². The van der Waals surface area contributed by atoms with E-state index in [1.807, 2.05) is 20.8 Å². The summed E-state index contributed by atoms with van der Waals surface area (Å²) in [6.45, 7) is 8.61. The largest absolute Gasteiger partial charge is 0.336 e. The number of hydrogen-bond donors (Lipinski definition) is 1. The maximum atomic E-state index is 13.6. The van der Waals surface area contributed by atoms with Crippen molar-refractivity contribution in [1.82, 2.24) is 24.3 Å². The molecule has 1 aliphatic heterocycles. The average molecular weight is 439 g/mol. The molecule has 2 fully saturated rings. The minimum atomic E-state index is -0.571. The Morgan fingerprint density at radius 2 is 1.94 bits per heavy atom. The number of pyridine rings is 1. The molecule has 170 valence electrons. The van der Waals surface area contributed by atoms with Crippen LogP contribution in [0.5, 0.6) is 0 Å². The predicted molar refractivity (Wildman–Crippen MR) is 121 cm³/mol. The second-order valence-corrected chi connectivity index (χ2v) is 9.12. The summed E-state index contributed by atoms with van der Waals surface area (Å²) in [5.41, 5.74) is 0.332. The molecular formula is C23H30N6O3. The summed E-state index contributed by atoms with van der Waals surface area (Å²) >= 11 is 0. The van der Waals surface area contributed by atoms with Crippen LogP contribution in [0.4, 0.5) is 0 Å². The first-order chi connectivity index (χ1) is 15.3. The molecule has 1 N–H and O–H groups in total. The molecule has 1 saturated heterocycles. The van der Waals surface area contributed by atoms with Crippen molar-refractivity contribution in [3.05, 3.63) is 38.2 Å². The minimum absolute atomic E-state index is 0.179. The van der Waals surface area contributed by atoms with Crippen molar-refractivity contribution in [2.45, 2.75) is 58.5 Å². The second kappa shape index (κ2) is 8.87. The average Bonchev–Trinajstić information content (AvgIpc) is 3.61. The lowest BCUT2D eigenvalue weighted by molar-refractivity contribution is 0.0578. The number of hydrogen-bond acceptors (Lipinski definition) is 6. The second-order valence-electron chi connectivity index (χ2n) is 9.12. The van der Waals surface area contributed by atoms with Crippen molar-refractivity contribution in [3.63, 3.8) is 0 Å². The summed E-state index contributed by atoms with van der Waals surface area (Å²) < 4.78 is 1.47. The highest BCUT2D eigenvalue weighted by Gasteiger charge is 2.32. The standard InChI is InChI=1S/C23H30N6O3/c1-4-7-29-20-19(21(30)26-23(29)32)16(12-17(25-20)15-5-6-15)22(31)28-10-8-27(9-11-28)18(13-24)14(2)3/h12,14-15,18H,4-11H2,1-3H3,(H,26,30,32). The molecular weight excluding hydrogens is 408 g/mol. The van der Waals surface area contributed by atoms with Crippen LogP contribution < -0.4 is 11.2 Å². The van der Waals surface area contributed by atoms with E-state index in [1.165, 1.54) is 4.57 Å². The maximum Gasteiger partial charge on any atom is 0.329 e. The monoisotopic (exact) mass is 438 g/mol. The molecule has 1 unspecified atom stereocenters. The summed E-state index contributed by atoms with van der Waals surface area (Å²) in [6.07, 6.45) is 2.70. The highest BCUT2D eigenvalue weighted by molar-refractivity contribution is 6.05. The van der Waals surface area contributed by atoms with E-state index in [2.05, 4.69) is 20.9 Å². The number of aryl methyl sites for hydroxylation is 1. The van der Waals surface area contributed by atoms with Gasteiger partial charge < -0.3 is 4.90 Å². The van der Waals surface area contributed by atoms with E-state index >= 15 is 0 Å². The number of amides is 1. The van der Waals surface area contributed by atoms with E-state index < -0.39 is 11.2 Å². The molecule has 1 amide bonds. The Morgan fingerprint density at radius 3 is 2.50 bits per heavy atom. The van der Waals surface area contributed by atoms with E-state index in [1.54, 1.807) is 11.0 Å². The smallest absolute Gasteiger partial charge is 0.329 e. The molecule has 4 rings (SSSR count). The summed E-state index contributed by atoms with van der Waals surface area (Å²) in [5, 5.41) is 9.67. The molecule has 0 bridgehead atoms. The van der Waals surface area contributed by atoms with E-state index in [4.69, 9.17) is 0 Å². The first-order valence-corrected chi connectivity index (χ1v) is 11.5. The van der Waals surface area contributed by atoms with Gasteiger partial charge in [0.1, 0.15) is 6.04 Å². The lowest BCUT2D eigenvalue weighted by Crippen LogP contribution is -2.53. The van der Waals surface area contributed by atoms with Gasteiger partial charge in [0.25, 0.3) is 11.5 Å². The third kappa shape index (κ3) is 4.07. The third-order valence-electron chi connectivity index (χ3n) is 6.40. The zero-order valence-corrected chi connectivity index (χ0v) is 18.9. The molecule has 0 aromatic carbocycles. The van der Waals surface area contributed by atoms with E-state index in [9.17, 15) is 19.6 Å². The van der Waals surface area contributed by atoms with Gasteiger partial charge in [0, 0.05) is 44.3 Å². The Labute approximate surface area is 186 Å². The van der Waals surface area contributed by atoms with Crippen LogP contribution in [0, 0.1) is 17.2 Å². The van der Waals surface area contributed by atoms with Crippen LogP contribution in [-0.4, -0.2) is 62.5 Å². The van der Waals surface area contributed by atoms with E-state index in [-0.39, 0.29) is 29.2 Å². The van der Waals surface area contributed by atoms with Crippen LogP contribution in [0.25, 0.3) is 11.0 Å². The van der Waals surface area contributed by atoms with Crippen LogP contribution in [0.3, 0.4) is 0 Å². The van der Waals surface area contributed by atoms with Crippen LogP contribution in [0.15, 0.2) is 15.7 Å². The molecule has 2 aromatic heterocycles. The molecule has 2 aromatic rings. The molecule has 2 aliphatic rings. The first-order valence-electron chi connectivity index (χ1n) is 11.5. The number of H-pyrrole nitrogens is 1. The number of piperazine rings is 1. The lowest BCUT2D eigenvalue weighted by Gasteiger charge is -2.38. The van der Waals surface area contributed by atoms with E-state index in [0.717, 1.165) is 18.5 Å². The first kappa shape index (κ1) is 22.2. The minimum Gasteiger partial charge on any atom is -0.336 e. The number of carbonyl (C=O) groups excluding carboxylic acids is 1. The van der Waals surface area contributed by atoms with Gasteiger partial charge in [-0.25, -0.2) is 9.78 Å². The van der Waals surface area contributed by atoms with Crippen molar-refractivity contribution in [1.29, 1.82) is 5.26 Å². The third-order valence-corrected chi connectivity index (χ3v) is 6.40. The fourth-order valence-corrected chi connectivity index (χ4v) is 4.51. The van der Waals surface area contributed by atoms with Gasteiger partial charge in [0.05, 0.1) is 17.0 Å². The number of aromatic nitrogens is 3. The normalized spacial score (nSPS) is 18.2. The number of aromatic amines is 1. The predicted octanol–water partition coefficient (Wildman–Crippen LogP) is 1.68. The summed E-state index contributed by atoms with van der Waals surface area (Å²) in [5.74, 6) is 0.264. The quantitative estimate of drug-likeness (QED) is 0.734. The Morgan fingerprint density at radius 1 is 1.25 bits per heavy atom. The fraction of sp³-hybridized carbons (Fsp3) is 0.609. The number of nitriles is 1. The van der Waals surface area contributed by atoms with Crippen LogP contribution in [0.2, 0.25) is 0 Å². The molecule has 0 spiro atoms. The van der Waals surface area contributed by atoms with Gasteiger partial charge in [-0.15, -0.1) is 0 Å². The van der Waals surface area contributed by atoms with Crippen molar-refractivity contribution in [2.75, 3.05) is 26.2 Å². The summed E-state index contributed by atoms with van der Waals surface area (Å²) in [4.78, 5) is 49.7. The van der Waals surface area contributed by atoms with Gasteiger partial charge in [-0.05, 0) is 31.2 Å². The summed E-state index contributed by atoms with van der Waals surface area (Å²) in [7, 11) is 0. The SMILES string of the molecule is CCCn1c(=O)[nH]c(=O)c2c(C(=O)N3CCN(C(C#N)C(C)C)CC3)cc(C3CC3)nc21. The van der Waals surface area contributed by atoms with Crippen LogP contribution >= 0.6 is 0 Å². The van der Waals surface area contributed by atoms with Gasteiger partial charge in [0.15, 0.2) is 5.65 Å². The number of rotatable bonds is 6. The van der Waals surface area contributed by atoms with Crippen molar-refractivity contribution < 1.29 is 4.79 Å². The molecule has 1 saturated carbocycles. The number of fused-ring (bicyclic) bond motifs is 1.